The van der Waals surface area contributed by atoms with E-state index in [0.717, 1.165) is 22.2 Å². The second kappa shape index (κ2) is 7.69. The van der Waals surface area contributed by atoms with Crippen LogP contribution >= 0.6 is 0 Å². The van der Waals surface area contributed by atoms with Crippen LogP contribution in [0.3, 0.4) is 0 Å². The van der Waals surface area contributed by atoms with Crippen molar-refractivity contribution in [3.05, 3.63) is 64.9 Å². The SMILES string of the molecule is Cc1[nH]c2ccccc2c1CCNC(=O)COc1c(F)c(F)cc(F)c1F. The van der Waals surface area contributed by atoms with Crippen molar-refractivity contribution in [2.24, 2.45) is 0 Å². The first-order chi connectivity index (χ1) is 12.9. The molecule has 0 atom stereocenters. The Balaban J connectivity index is 1.57. The van der Waals surface area contributed by atoms with Crippen molar-refractivity contribution in [1.82, 2.24) is 10.3 Å². The molecule has 0 saturated carbocycles. The number of rotatable bonds is 6. The maximum atomic E-state index is 13.5. The van der Waals surface area contributed by atoms with Crippen LogP contribution in [0.25, 0.3) is 10.9 Å². The summed E-state index contributed by atoms with van der Waals surface area (Å²) >= 11 is 0. The molecule has 8 heteroatoms. The van der Waals surface area contributed by atoms with Gasteiger partial charge in [0, 0.05) is 29.2 Å². The Bertz CT molecular complexity index is 975. The van der Waals surface area contributed by atoms with Crippen LogP contribution in [0.15, 0.2) is 30.3 Å². The van der Waals surface area contributed by atoms with Gasteiger partial charge in [0.05, 0.1) is 0 Å². The number of fused-ring (bicyclic) bond motifs is 1. The molecule has 1 amide bonds. The molecule has 1 aromatic heterocycles. The molecule has 0 aliphatic rings. The predicted molar refractivity (Wildman–Crippen MR) is 91.5 cm³/mol. The maximum absolute atomic E-state index is 13.5. The first kappa shape index (κ1) is 18.8. The molecule has 3 rings (SSSR count). The van der Waals surface area contributed by atoms with Crippen molar-refractivity contribution in [3.8, 4) is 5.75 Å². The normalized spacial score (nSPS) is 11.0. The molecule has 0 fully saturated rings. The van der Waals surface area contributed by atoms with Gasteiger partial charge in [-0.2, -0.15) is 8.78 Å². The molecule has 0 saturated heterocycles. The van der Waals surface area contributed by atoms with Gasteiger partial charge in [-0.3, -0.25) is 4.79 Å². The lowest BCUT2D eigenvalue weighted by molar-refractivity contribution is -0.123. The molecule has 142 valence electrons. The molecule has 0 radical (unpaired) electrons. The van der Waals surface area contributed by atoms with Gasteiger partial charge in [0.15, 0.2) is 24.0 Å². The average Bonchev–Trinajstić information content (AvgIpc) is 2.95. The zero-order valence-corrected chi connectivity index (χ0v) is 14.3. The molecule has 4 nitrogen and oxygen atoms in total. The largest absolute Gasteiger partial charge is 0.477 e. The number of H-pyrrole nitrogens is 1. The summed E-state index contributed by atoms with van der Waals surface area (Å²) in [7, 11) is 0. The van der Waals surface area contributed by atoms with Gasteiger partial charge in [-0.1, -0.05) is 18.2 Å². The number of aromatic nitrogens is 1. The minimum atomic E-state index is -1.68. The fraction of sp³-hybridized carbons (Fsp3) is 0.211. The molecular weight excluding hydrogens is 364 g/mol. The first-order valence-corrected chi connectivity index (χ1v) is 8.17. The summed E-state index contributed by atoms with van der Waals surface area (Å²) in [5.41, 5.74) is 3.00. The monoisotopic (exact) mass is 380 g/mol. The Morgan fingerprint density at radius 3 is 2.48 bits per heavy atom. The maximum Gasteiger partial charge on any atom is 0.257 e. The average molecular weight is 380 g/mol. The molecule has 2 aromatic carbocycles. The third-order valence-corrected chi connectivity index (χ3v) is 4.14. The van der Waals surface area contributed by atoms with E-state index >= 15 is 0 Å². The zero-order chi connectivity index (χ0) is 19.6. The van der Waals surface area contributed by atoms with Gasteiger partial charge in [-0.05, 0) is 25.0 Å². The minimum Gasteiger partial charge on any atom is -0.477 e. The number of hydrogen-bond acceptors (Lipinski definition) is 2. The van der Waals surface area contributed by atoms with E-state index in [4.69, 9.17) is 0 Å². The van der Waals surface area contributed by atoms with E-state index in [1.54, 1.807) is 0 Å². The van der Waals surface area contributed by atoms with E-state index in [-0.39, 0.29) is 12.6 Å². The fourth-order valence-electron chi connectivity index (χ4n) is 2.85. The van der Waals surface area contributed by atoms with Crippen molar-refractivity contribution in [1.29, 1.82) is 0 Å². The third-order valence-electron chi connectivity index (χ3n) is 4.14. The van der Waals surface area contributed by atoms with E-state index in [1.807, 2.05) is 31.2 Å². The second-order valence-corrected chi connectivity index (χ2v) is 5.96. The Morgan fingerprint density at radius 1 is 1.11 bits per heavy atom. The first-order valence-electron chi connectivity index (χ1n) is 8.17. The lowest BCUT2D eigenvalue weighted by atomic mass is 10.1. The number of carbonyl (C=O) groups excluding carboxylic acids is 1. The zero-order valence-electron chi connectivity index (χ0n) is 14.3. The number of amides is 1. The van der Waals surface area contributed by atoms with E-state index in [9.17, 15) is 22.4 Å². The van der Waals surface area contributed by atoms with Gasteiger partial charge in [0.2, 0.25) is 11.6 Å². The Labute approximate surface area is 152 Å². The summed E-state index contributed by atoms with van der Waals surface area (Å²) in [4.78, 5) is 15.1. The van der Waals surface area contributed by atoms with Gasteiger partial charge in [-0.15, -0.1) is 0 Å². The fourth-order valence-corrected chi connectivity index (χ4v) is 2.85. The molecule has 1 heterocycles. The highest BCUT2D eigenvalue weighted by atomic mass is 19.2. The van der Waals surface area contributed by atoms with Crippen molar-refractivity contribution in [3.63, 3.8) is 0 Å². The van der Waals surface area contributed by atoms with Crippen molar-refractivity contribution in [2.45, 2.75) is 13.3 Å². The Hall–Kier alpha value is -3.03. The summed E-state index contributed by atoms with van der Waals surface area (Å²) in [6.07, 6.45) is 0.527. The number of hydrogen-bond donors (Lipinski definition) is 2. The van der Waals surface area contributed by atoms with Gasteiger partial charge in [0.1, 0.15) is 0 Å². The molecule has 3 aromatic rings. The number of aromatic amines is 1. The molecular formula is C19H16F4N2O2. The van der Waals surface area contributed by atoms with Crippen molar-refractivity contribution in [2.75, 3.05) is 13.2 Å². The van der Waals surface area contributed by atoms with Gasteiger partial charge in [0.25, 0.3) is 5.91 Å². The standard InChI is InChI=1S/C19H16F4N2O2/c1-10-11(12-4-2-3-5-15(12)25-10)6-7-24-16(26)9-27-19-17(22)13(20)8-14(21)18(19)23/h2-5,8,25H,6-7,9H2,1H3,(H,24,26). The van der Waals surface area contributed by atoms with Crippen LogP contribution in [-0.2, 0) is 11.2 Å². The van der Waals surface area contributed by atoms with E-state index in [1.165, 1.54) is 0 Å². The van der Waals surface area contributed by atoms with E-state index in [2.05, 4.69) is 15.0 Å². The highest BCUT2D eigenvalue weighted by Crippen LogP contribution is 2.26. The number of halogens is 4. The third kappa shape index (κ3) is 3.89. The Kier molecular flexibility index (Phi) is 5.34. The number of aryl methyl sites for hydroxylation is 1. The lowest BCUT2D eigenvalue weighted by Crippen LogP contribution is -2.31. The number of nitrogens with one attached hydrogen (secondary N) is 2. The molecule has 0 bridgehead atoms. The smallest absolute Gasteiger partial charge is 0.257 e. The molecule has 0 aliphatic carbocycles. The summed E-state index contributed by atoms with van der Waals surface area (Å²) in [5, 5.41) is 3.58. The Morgan fingerprint density at radius 2 is 1.78 bits per heavy atom. The number of para-hydroxylation sites is 1. The van der Waals surface area contributed by atoms with Gasteiger partial charge in [-0.25, -0.2) is 8.78 Å². The molecule has 0 aliphatic heterocycles. The topological polar surface area (TPSA) is 54.1 Å². The van der Waals surface area contributed by atoms with Crippen LogP contribution in [0.4, 0.5) is 17.6 Å². The number of ether oxygens (including phenoxy) is 1. The van der Waals surface area contributed by atoms with Gasteiger partial charge < -0.3 is 15.0 Å². The lowest BCUT2D eigenvalue weighted by Gasteiger charge is -2.10. The molecule has 0 unspecified atom stereocenters. The highest BCUT2D eigenvalue weighted by Gasteiger charge is 2.21. The molecule has 0 spiro atoms. The van der Waals surface area contributed by atoms with Crippen LogP contribution in [0.2, 0.25) is 0 Å². The molecule has 2 N–H and O–H groups in total. The minimum absolute atomic E-state index is 0.0706. The van der Waals surface area contributed by atoms with Crippen LogP contribution in [0.5, 0.6) is 5.75 Å². The van der Waals surface area contributed by atoms with Crippen LogP contribution in [0.1, 0.15) is 11.3 Å². The van der Waals surface area contributed by atoms with Crippen LogP contribution in [0, 0.1) is 30.2 Å². The number of benzene rings is 2. The molecule has 27 heavy (non-hydrogen) atoms. The summed E-state index contributed by atoms with van der Waals surface area (Å²) in [6, 6.07) is 7.80. The quantitative estimate of drug-likeness (QED) is 0.505. The van der Waals surface area contributed by atoms with E-state index < -0.39 is 41.5 Å². The van der Waals surface area contributed by atoms with E-state index in [0.29, 0.717) is 6.42 Å². The second-order valence-electron chi connectivity index (χ2n) is 5.96. The summed E-state index contributed by atoms with van der Waals surface area (Å²) in [5.74, 6) is -8.49. The van der Waals surface area contributed by atoms with Gasteiger partial charge >= 0.3 is 0 Å². The summed E-state index contributed by atoms with van der Waals surface area (Å²) < 4.78 is 57.8. The van der Waals surface area contributed by atoms with Crippen molar-refractivity contribution >= 4 is 16.8 Å². The predicted octanol–water partition coefficient (Wildman–Crippen LogP) is 3.77. The van der Waals surface area contributed by atoms with Crippen LogP contribution < -0.4 is 10.1 Å². The summed E-state index contributed by atoms with van der Waals surface area (Å²) in [6.45, 7) is 1.40. The number of carbonyl (C=O) groups is 1. The van der Waals surface area contributed by atoms with Crippen LogP contribution in [-0.4, -0.2) is 24.0 Å². The highest BCUT2D eigenvalue weighted by molar-refractivity contribution is 5.84. The van der Waals surface area contributed by atoms with Crippen molar-refractivity contribution < 1.29 is 27.1 Å².